The van der Waals surface area contributed by atoms with Gasteiger partial charge in [-0.3, -0.25) is 0 Å². The van der Waals surface area contributed by atoms with Gasteiger partial charge in [-0.2, -0.15) is 0 Å². The molecule has 2 nitrogen and oxygen atoms in total. The van der Waals surface area contributed by atoms with E-state index in [-0.39, 0.29) is 5.41 Å². The first-order chi connectivity index (χ1) is 25.0. The van der Waals surface area contributed by atoms with Gasteiger partial charge in [-0.15, -0.1) is 0 Å². The molecule has 1 aliphatic carbocycles. The van der Waals surface area contributed by atoms with Crippen molar-refractivity contribution in [2.45, 2.75) is 19.3 Å². The fraction of sp³-hybridized carbons (Fsp3) is 0.0612. The zero-order valence-electron chi connectivity index (χ0n) is 28.6. The Morgan fingerprint density at radius 3 is 1.63 bits per heavy atom. The van der Waals surface area contributed by atoms with Crippen LogP contribution in [0, 0.1) is 0 Å². The molecule has 9 aromatic rings. The maximum Gasteiger partial charge on any atom is 0.160 e. The fourth-order valence-electron chi connectivity index (χ4n) is 8.36. The van der Waals surface area contributed by atoms with Crippen LogP contribution >= 0.6 is 0 Å². The second-order valence-corrected chi connectivity index (χ2v) is 14.2. The summed E-state index contributed by atoms with van der Waals surface area (Å²) in [6, 6.07) is 61.2. The molecular formula is C49H34N2. The van der Waals surface area contributed by atoms with Crippen LogP contribution in [0.3, 0.4) is 0 Å². The van der Waals surface area contributed by atoms with Crippen molar-refractivity contribution in [1.82, 2.24) is 9.97 Å². The summed E-state index contributed by atoms with van der Waals surface area (Å²) in [5.74, 6) is 0.717. The van der Waals surface area contributed by atoms with Gasteiger partial charge in [0.15, 0.2) is 5.82 Å². The van der Waals surface area contributed by atoms with Crippen LogP contribution in [0.15, 0.2) is 170 Å². The fourth-order valence-corrected chi connectivity index (χ4v) is 8.36. The van der Waals surface area contributed by atoms with Crippen LogP contribution in [-0.4, -0.2) is 9.97 Å². The molecule has 51 heavy (non-hydrogen) atoms. The predicted octanol–water partition coefficient (Wildman–Crippen LogP) is 12.9. The third-order valence-electron chi connectivity index (χ3n) is 10.9. The summed E-state index contributed by atoms with van der Waals surface area (Å²) in [6.45, 7) is 4.68. The summed E-state index contributed by atoms with van der Waals surface area (Å²) in [5, 5.41) is 7.43. The molecule has 0 fully saturated rings. The van der Waals surface area contributed by atoms with Crippen molar-refractivity contribution in [2.75, 3.05) is 0 Å². The quantitative estimate of drug-likeness (QED) is 0.177. The summed E-state index contributed by atoms with van der Waals surface area (Å²) in [4.78, 5) is 10.3. The highest BCUT2D eigenvalue weighted by atomic mass is 14.9. The Labute approximate surface area is 297 Å². The Hall–Kier alpha value is -6.38. The lowest BCUT2D eigenvalue weighted by Crippen LogP contribution is -2.14. The van der Waals surface area contributed by atoms with E-state index < -0.39 is 0 Å². The van der Waals surface area contributed by atoms with Crippen molar-refractivity contribution in [2.24, 2.45) is 0 Å². The lowest BCUT2D eigenvalue weighted by Gasteiger charge is -2.21. The van der Waals surface area contributed by atoms with Gasteiger partial charge in [0, 0.05) is 22.1 Å². The molecule has 1 aliphatic rings. The molecule has 0 saturated carbocycles. The largest absolute Gasteiger partial charge is 0.228 e. The van der Waals surface area contributed by atoms with E-state index in [1.165, 1.54) is 65.7 Å². The minimum atomic E-state index is -0.0250. The van der Waals surface area contributed by atoms with Crippen molar-refractivity contribution >= 4 is 32.3 Å². The first-order valence-electron chi connectivity index (χ1n) is 17.7. The van der Waals surface area contributed by atoms with Gasteiger partial charge in [0.25, 0.3) is 0 Å². The van der Waals surface area contributed by atoms with Crippen LogP contribution in [0.4, 0.5) is 0 Å². The summed E-state index contributed by atoms with van der Waals surface area (Å²) in [7, 11) is 0. The maximum absolute atomic E-state index is 5.17. The van der Waals surface area contributed by atoms with E-state index >= 15 is 0 Å². The maximum atomic E-state index is 5.17. The molecule has 0 saturated heterocycles. The predicted molar refractivity (Wildman–Crippen MR) is 214 cm³/mol. The second-order valence-electron chi connectivity index (χ2n) is 14.2. The Kier molecular flexibility index (Phi) is 6.56. The Morgan fingerprint density at radius 2 is 0.902 bits per heavy atom. The number of aromatic nitrogens is 2. The highest BCUT2D eigenvalue weighted by molar-refractivity contribution is 6.28. The van der Waals surface area contributed by atoms with Crippen LogP contribution in [0.1, 0.15) is 25.0 Å². The number of hydrogen-bond donors (Lipinski definition) is 0. The molecule has 2 heteroatoms. The van der Waals surface area contributed by atoms with Gasteiger partial charge in [-0.05, 0) is 83.9 Å². The molecule has 0 unspecified atom stereocenters. The molecule has 8 aromatic carbocycles. The number of nitrogens with zero attached hydrogens (tertiary/aromatic N) is 2. The van der Waals surface area contributed by atoms with Crippen LogP contribution in [0.25, 0.3) is 88.5 Å². The first kappa shape index (κ1) is 29.5. The number of benzene rings is 8. The summed E-state index contributed by atoms with van der Waals surface area (Å²) in [6.07, 6.45) is 0. The monoisotopic (exact) mass is 650 g/mol. The summed E-state index contributed by atoms with van der Waals surface area (Å²) in [5.41, 5.74) is 12.9. The molecule has 0 atom stereocenters. The molecule has 0 N–H and O–H groups in total. The Balaban J connectivity index is 1.21. The topological polar surface area (TPSA) is 25.8 Å². The van der Waals surface area contributed by atoms with E-state index in [4.69, 9.17) is 9.97 Å². The SMILES string of the molecule is CC1(C)c2ccccc2-c2cc(-c3cccc4c5ccccc5c5cc(-c6nc(-c7ccccc7)cc(-c7ccccc7)n6)ccc5c34)ccc21. The van der Waals surface area contributed by atoms with Gasteiger partial charge in [-0.1, -0.05) is 166 Å². The average Bonchev–Trinajstić information content (AvgIpc) is 3.43. The highest BCUT2D eigenvalue weighted by Gasteiger charge is 2.35. The van der Waals surface area contributed by atoms with Gasteiger partial charge in [0.1, 0.15) is 0 Å². The molecule has 0 bridgehead atoms. The van der Waals surface area contributed by atoms with Crippen LogP contribution in [0.2, 0.25) is 0 Å². The van der Waals surface area contributed by atoms with Crippen molar-refractivity contribution in [1.29, 1.82) is 0 Å². The molecule has 1 heterocycles. The third-order valence-corrected chi connectivity index (χ3v) is 10.9. The van der Waals surface area contributed by atoms with Crippen LogP contribution < -0.4 is 0 Å². The van der Waals surface area contributed by atoms with Crippen molar-refractivity contribution < 1.29 is 0 Å². The number of rotatable bonds is 4. The molecule has 1 aromatic heterocycles. The highest BCUT2D eigenvalue weighted by Crippen LogP contribution is 2.50. The van der Waals surface area contributed by atoms with Crippen molar-refractivity contribution in [3.8, 4) is 56.2 Å². The Bertz CT molecular complexity index is 2760. The minimum Gasteiger partial charge on any atom is -0.228 e. The third kappa shape index (κ3) is 4.64. The van der Waals surface area contributed by atoms with E-state index in [1.54, 1.807) is 0 Å². The van der Waals surface area contributed by atoms with E-state index in [0.717, 1.165) is 33.9 Å². The molecule has 0 radical (unpaired) electrons. The zero-order valence-corrected chi connectivity index (χ0v) is 28.6. The Morgan fingerprint density at radius 1 is 0.353 bits per heavy atom. The van der Waals surface area contributed by atoms with Crippen LogP contribution in [-0.2, 0) is 5.41 Å². The number of fused-ring (bicyclic) bond motifs is 9. The molecule has 240 valence electrons. The molecular weight excluding hydrogens is 617 g/mol. The minimum absolute atomic E-state index is 0.0250. The molecule has 0 aliphatic heterocycles. The van der Waals surface area contributed by atoms with Crippen molar-refractivity contribution in [3.63, 3.8) is 0 Å². The van der Waals surface area contributed by atoms with E-state index in [9.17, 15) is 0 Å². The molecule has 0 amide bonds. The van der Waals surface area contributed by atoms with E-state index in [0.29, 0.717) is 0 Å². The summed E-state index contributed by atoms with van der Waals surface area (Å²) < 4.78 is 0. The van der Waals surface area contributed by atoms with Gasteiger partial charge in [0.05, 0.1) is 11.4 Å². The van der Waals surface area contributed by atoms with Gasteiger partial charge >= 0.3 is 0 Å². The van der Waals surface area contributed by atoms with Crippen LogP contribution in [0.5, 0.6) is 0 Å². The molecule has 10 rings (SSSR count). The first-order valence-corrected chi connectivity index (χ1v) is 17.7. The zero-order chi connectivity index (χ0) is 34.1. The lowest BCUT2D eigenvalue weighted by molar-refractivity contribution is 0.660. The standard InChI is InChI=1S/C49H34N2/c1-49(2)43-23-12-11-20-38(43)42-28-33(25-27-44(42)49)35-21-13-22-39-36-18-9-10-19-37(36)41-29-34(24-26-40(41)47(35)39)48-50-45(31-14-5-3-6-15-31)30-46(51-48)32-16-7-4-8-17-32/h3-30H,1-2H3. The average molecular weight is 651 g/mol. The smallest absolute Gasteiger partial charge is 0.160 e. The normalized spacial score (nSPS) is 13.1. The van der Waals surface area contributed by atoms with Crippen molar-refractivity contribution in [3.05, 3.63) is 181 Å². The van der Waals surface area contributed by atoms with E-state index in [2.05, 4.69) is 172 Å². The number of hydrogen-bond acceptors (Lipinski definition) is 2. The summed E-state index contributed by atoms with van der Waals surface area (Å²) >= 11 is 0. The second kappa shape index (κ2) is 11.3. The van der Waals surface area contributed by atoms with Gasteiger partial charge < -0.3 is 0 Å². The van der Waals surface area contributed by atoms with Gasteiger partial charge in [-0.25, -0.2) is 9.97 Å². The lowest BCUT2D eigenvalue weighted by atomic mass is 9.82. The molecule has 0 spiro atoms. The van der Waals surface area contributed by atoms with Gasteiger partial charge in [0.2, 0.25) is 0 Å². The van der Waals surface area contributed by atoms with E-state index in [1.807, 2.05) is 12.1 Å².